The fourth-order valence-electron chi connectivity index (χ4n) is 2.90. The van der Waals surface area contributed by atoms with Gasteiger partial charge in [0.15, 0.2) is 0 Å². The molecule has 0 saturated heterocycles. The first-order valence-electron chi connectivity index (χ1n) is 8.90. The third kappa shape index (κ3) is 6.21. The van der Waals surface area contributed by atoms with Crippen molar-refractivity contribution in [3.05, 3.63) is 36.2 Å². The average Bonchev–Trinajstić information content (AvgIpc) is 2.59. The van der Waals surface area contributed by atoms with Gasteiger partial charge in [0.25, 0.3) is 0 Å². The van der Waals surface area contributed by atoms with Crippen molar-refractivity contribution in [2.24, 2.45) is 11.7 Å². The number of nitrogens with zero attached hydrogens (tertiary/aromatic N) is 2. The van der Waals surface area contributed by atoms with Crippen molar-refractivity contribution >= 4 is 11.9 Å². The summed E-state index contributed by atoms with van der Waals surface area (Å²) in [5.41, 5.74) is 8.46. The highest BCUT2D eigenvalue weighted by Gasteiger charge is 2.21. The predicted molar refractivity (Wildman–Crippen MR) is 106 cm³/mol. The Morgan fingerprint density at radius 1 is 1.33 bits per heavy atom. The Balaban J connectivity index is 2.12. The van der Waals surface area contributed by atoms with Gasteiger partial charge in [0.1, 0.15) is 18.2 Å². The van der Waals surface area contributed by atoms with Crippen molar-refractivity contribution < 1.29 is 14.3 Å². The van der Waals surface area contributed by atoms with E-state index < -0.39 is 11.6 Å². The van der Waals surface area contributed by atoms with Gasteiger partial charge in [-0.15, -0.1) is 0 Å². The number of pyridine rings is 2. The van der Waals surface area contributed by atoms with Gasteiger partial charge in [0.2, 0.25) is 0 Å². The van der Waals surface area contributed by atoms with Gasteiger partial charge in [0.05, 0.1) is 19.0 Å². The smallest absolute Gasteiger partial charge is 0.412 e. The van der Waals surface area contributed by atoms with Crippen LogP contribution in [0.25, 0.3) is 11.3 Å². The minimum atomic E-state index is -0.571. The first-order chi connectivity index (χ1) is 12.7. The van der Waals surface area contributed by atoms with Gasteiger partial charge >= 0.3 is 6.09 Å². The topological polar surface area (TPSA) is 99.4 Å². The van der Waals surface area contributed by atoms with Gasteiger partial charge < -0.3 is 15.2 Å². The predicted octanol–water partition coefficient (Wildman–Crippen LogP) is 3.77. The average molecular weight is 372 g/mol. The van der Waals surface area contributed by atoms with Gasteiger partial charge in [-0.3, -0.25) is 10.3 Å². The van der Waals surface area contributed by atoms with Crippen LogP contribution in [0.2, 0.25) is 0 Å². The van der Waals surface area contributed by atoms with E-state index in [-0.39, 0.29) is 0 Å². The molecular weight excluding hydrogens is 344 g/mol. The van der Waals surface area contributed by atoms with Crippen molar-refractivity contribution in [3.8, 4) is 17.0 Å². The maximum absolute atomic E-state index is 11.3. The molecule has 0 aliphatic carbocycles. The lowest BCUT2D eigenvalue weighted by Gasteiger charge is -2.27. The lowest BCUT2D eigenvalue weighted by Crippen LogP contribution is -2.43. The molecule has 7 nitrogen and oxygen atoms in total. The highest BCUT2D eigenvalue weighted by molar-refractivity contribution is 5.84. The Bertz CT molecular complexity index is 791. The Labute approximate surface area is 160 Å². The number of nitrogens with two attached hydrogens (primary N) is 1. The van der Waals surface area contributed by atoms with Crippen LogP contribution < -0.4 is 15.8 Å². The Hall–Kier alpha value is -2.67. The zero-order chi connectivity index (χ0) is 20.0. The van der Waals surface area contributed by atoms with Gasteiger partial charge in [0, 0.05) is 17.3 Å². The van der Waals surface area contributed by atoms with Gasteiger partial charge in [-0.1, -0.05) is 13.8 Å². The van der Waals surface area contributed by atoms with E-state index in [0.29, 0.717) is 24.1 Å². The number of carbonyl (C=O) groups is 1. The number of methoxy groups -OCH3 is 1. The molecule has 1 atom stereocenters. The summed E-state index contributed by atoms with van der Waals surface area (Å²) in [6.45, 7) is 8.67. The maximum atomic E-state index is 11.3. The minimum Gasteiger partial charge on any atom is -0.490 e. The molecule has 0 radical (unpaired) electrons. The molecule has 146 valence electrons. The summed E-state index contributed by atoms with van der Waals surface area (Å²) in [4.78, 5) is 19.9. The largest absolute Gasteiger partial charge is 0.490 e. The maximum Gasteiger partial charge on any atom is 0.412 e. The fraction of sp³-hybridized carbons (Fsp3) is 0.450. The van der Waals surface area contributed by atoms with E-state index in [4.69, 9.17) is 10.5 Å². The molecule has 0 bridgehead atoms. The number of anilines is 1. The molecule has 0 saturated carbocycles. The molecule has 3 N–H and O–H groups in total. The van der Waals surface area contributed by atoms with Gasteiger partial charge in [-0.25, -0.2) is 9.78 Å². The standard InChI is InChI=1S/C20H28N4O3/c1-13(2)10-20(4,21)12-27-17-11-23-16(8-14(17)3)15-6-7-22-18(9-15)24-19(25)26-5/h6-9,11,13H,10,12,21H2,1-5H3,(H,22,24,25)/t20-/m0/s1. The molecule has 2 aromatic heterocycles. The van der Waals surface area contributed by atoms with E-state index in [1.807, 2.05) is 26.0 Å². The summed E-state index contributed by atoms with van der Waals surface area (Å²) in [5.74, 6) is 1.61. The monoisotopic (exact) mass is 372 g/mol. The van der Waals surface area contributed by atoms with Crippen molar-refractivity contribution in [2.45, 2.75) is 39.7 Å². The molecular formula is C20H28N4O3. The number of aryl methyl sites for hydroxylation is 1. The van der Waals surface area contributed by atoms with E-state index in [9.17, 15) is 4.79 Å². The second-order valence-corrected chi connectivity index (χ2v) is 7.42. The fourth-order valence-corrected chi connectivity index (χ4v) is 2.90. The zero-order valence-electron chi connectivity index (χ0n) is 16.6. The summed E-state index contributed by atoms with van der Waals surface area (Å²) >= 11 is 0. The van der Waals surface area contributed by atoms with E-state index >= 15 is 0 Å². The number of aromatic nitrogens is 2. The van der Waals surface area contributed by atoms with Crippen LogP contribution in [-0.4, -0.2) is 35.3 Å². The van der Waals surface area contributed by atoms with Gasteiger partial charge in [-0.2, -0.15) is 0 Å². The van der Waals surface area contributed by atoms with Gasteiger partial charge in [-0.05, 0) is 49.9 Å². The molecule has 2 aromatic rings. The van der Waals surface area contributed by atoms with E-state index in [1.54, 1.807) is 18.5 Å². The quantitative estimate of drug-likeness (QED) is 0.767. The van der Waals surface area contributed by atoms with Crippen molar-refractivity contribution in [3.63, 3.8) is 0 Å². The van der Waals surface area contributed by atoms with Crippen LogP contribution in [0.5, 0.6) is 5.75 Å². The second kappa shape index (κ2) is 8.81. The molecule has 0 aliphatic rings. The Kier molecular flexibility index (Phi) is 6.74. The normalized spacial score (nSPS) is 13.1. The number of hydrogen-bond acceptors (Lipinski definition) is 6. The van der Waals surface area contributed by atoms with Crippen LogP contribution >= 0.6 is 0 Å². The highest BCUT2D eigenvalue weighted by atomic mass is 16.5. The Morgan fingerprint density at radius 3 is 2.70 bits per heavy atom. The first kappa shape index (κ1) is 20.6. The highest BCUT2D eigenvalue weighted by Crippen LogP contribution is 2.26. The van der Waals surface area contributed by atoms with E-state index in [2.05, 4.69) is 33.9 Å². The summed E-state index contributed by atoms with van der Waals surface area (Å²) in [6, 6.07) is 5.49. The molecule has 0 aliphatic heterocycles. The van der Waals surface area contributed by atoms with Crippen LogP contribution in [0.4, 0.5) is 10.6 Å². The number of ether oxygens (including phenoxy) is 2. The second-order valence-electron chi connectivity index (χ2n) is 7.42. The molecule has 0 unspecified atom stereocenters. The molecule has 1 amide bonds. The third-order valence-corrected chi connectivity index (χ3v) is 3.97. The number of amides is 1. The SMILES string of the molecule is COC(=O)Nc1cc(-c2cc(C)c(OC[C@@](C)(N)CC(C)C)cn2)ccn1. The molecule has 2 heterocycles. The summed E-state index contributed by atoms with van der Waals surface area (Å²) in [6.07, 6.45) is 3.61. The Morgan fingerprint density at radius 2 is 2.07 bits per heavy atom. The van der Waals surface area contributed by atoms with Crippen LogP contribution in [0.3, 0.4) is 0 Å². The van der Waals surface area contributed by atoms with E-state index in [1.165, 1.54) is 7.11 Å². The summed E-state index contributed by atoms with van der Waals surface area (Å²) in [5, 5.41) is 2.54. The first-order valence-corrected chi connectivity index (χ1v) is 8.90. The van der Waals surface area contributed by atoms with Crippen molar-refractivity contribution in [2.75, 3.05) is 19.0 Å². The van der Waals surface area contributed by atoms with Crippen LogP contribution in [0.15, 0.2) is 30.6 Å². The third-order valence-electron chi connectivity index (χ3n) is 3.97. The summed E-state index contributed by atoms with van der Waals surface area (Å²) in [7, 11) is 1.30. The summed E-state index contributed by atoms with van der Waals surface area (Å²) < 4.78 is 10.5. The lowest BCUT2D eigenvalue weighted by atomic mass is 9.93. The van der Waals surface area contributed by atoms with Crippen molar-refractivity contribution in [1.82, 2.24) is 9.97 Å². The van der Waals surface area contributed by atoms with Crippen LogP contribution in [0, 0.1) is 12.8 Å². The number of nitrogens with one attached hydrogen (secondary N) is 1. The number of carbonyl (C=O) groups excluding carboxylic acids is 1. The molecule has 2 rings (SSSR count). The molecule has 27 heavy (non-hydrogen) atoms. The van der Waals surface area contributed by atoms with Crippen molar-refractivity contribution in [1.29, 1.82) is 0 Å². The van der Waals surface area contributed by atoms with Crippen LogP contribution in [0.1, 0.15) is 32.8 Å². The zero-order valence-corrected chi connectivity index (χ0v) is 16.6. The molecule has 7 heteroatoms. The minimum absolute atomic E-state index is 0.390. The number of rotatable bonds is 7. The van der Waals surface area contributed by atoms with Crippen LogP contribution in [-0.2, 0) is 4.74 Å². The van der Waals surface area contributed by atoms with E-state index in [0.717, 1.165) is 23.2 Å². The number of hydrogen-bond donors (Lipinski definition) is 2. The molecule has 0 aromatic carbocycles. The lowest BCUT2D eigenvalue weighted by molar-refractivity contribution is 0.187. The molecule has 0 spiro atoms. The molecule has 0 fully saturated rings.